The number of halogens is 1. The van der Waals surface area contributed by atoms with Crippen LogP contribution in [0.15, 0.2) is 35.1 Å². The SMILES string of the molecule is Cn1cc(NCC2Cc3cc(Br)ccc3O2)cn1. The Morgan fingerprint density at radius 2 is 2.44 bits per heavy atom. The minimum Gasteiger partial charge on any atom is -0.488 e. The molecule has 0 radical (unpaired) electrons. The van der Waals surface area contributed by atoms with Crippen molar-refractivity contribution in [1.82, 2.24) is 9.78 Å². The molecule has 1 N–H and O–H groups in total. The van der Waals surface area contributed by atoms with Gasteiger partial charge in [0.1, 0.15) is 11.9 Å². The van der Waals surface area contributed by atoms with E-state index in [2.05, 4.69) is 32.4 Å². The monoisotopic (exact) mass is 307 g/mol. The molecule has 2 heterocycles. The predicted octanol–water partition coefficient (Wildman–Crippen LogP) is 2.60. The van der Waals surface area contributed by atoms with E-state index in [1.165, 1.54) is 5.56 Å². The molecule has 1 unspecified atom stereocenters. The third kappa shape index (κ3) is 2.36. The van der Waals surface area contributed by atoms with Crippen LogP contribution in [0, 0.1) is 0 Å². The van der Waals surface area contributed by atoms with E-state index < -0.39 is 0 Å². The topological polar surface area (TPSA) is 39.1 Å². The molecule has 1 aromatic carbocycles. The summed E-state index contributed by atoms with van der Waals surface area (Å²) in [5.74, 6) is 0.996. The maximum Gasteiger partial charge on any atom is 0.123 e. The van der Waals surface area contributed by atoms with Crippen molar-refractivity contribution in [3.05, 3.63) is 40.6 Å². The molecule has 0 amide bonds. The third-order valence-electron chi connectivity index (χ3n) is 3.00. The first-order valence-corrected chi connectivity index (χ1v) is 6.67. The van der Waals surface area contributed by atoms with Gasteiger partial charge in [0.2, 0.25) is 0 Å². The maximum absolute atomic E-state index is 5.88. The van der Waals surface area contributed by atoms with E-state index in [4.69, 9.17) is 4.74 Å². The molecule has 3 rings (SSSR count). The summed E-state index contributed by atoms with van der Waals surface area (Å²) in [6.45, 7) is 0.790. The van der Waals surface area contributed by atoms with Crippen molar-refractivity contribution in [1.29, 1.82) is 0 Å². The zero-order chi connectivity index (χ0) is 12.5. The maximum atomic E-state index is 5.88. The van der Waals surface area contributed by atoms with E-state index in [0.717, 1.165) is 28.9 Å². The highest BCUT2D eigenvalue weighted by Gasteiger charge is 2.22. The first kappa shape index (κ1) is 11.6. The molecule has 0 fully saturated rings. The zero-order valence-corrected chi connectivity index (χ0v) is 11.6. The molecule has 4 nitrogen and oxygen atoms in total. The van der Waals surface area contributed by atoms with Crippen LogP contribution in [0.1, 0.15) is 5.56 Å². The highest BCUT2D eigenvalue weighted by atomic mass is 79.9. The van der Waals surface area contributed by atoms with Gasteiger partial charge in [0.05, 0.1) is 18.4 Å². The minimum atomic E-state index is 0.189. The van der Waals surface area contributed by atoms with E-state index in [-0.39, 0.29) is 6.10 Å². The highest BCUT2D eigenvalue weighted by Crippen LogP contribution is 2.31. The van der Waals surface area contributed by atoms with Gasteiger partial charge in [-0.05, 0) is 23.8 Å². The summed E-state index contributed by atoms with van der Waals surface area (Å²) in [7, 11) is 1.91. The van der Waals surface area contributed by atoms with Gasteiger partial charge in [-0.25, -0.2) is 0 Å². The Kier molecular flexibility index (Phi) is 2.99. The highest BCUT2D eigenvalue weighted by molar-refractivity contribution is 9.10. The molecule has 5 heteroatoms. The molecule has 1 aliphatic heterocycles. The Hall–Kier alpha value is -1.49. The largest absolute Gasteiger partial charge is 0.488 e. The van der Waals surface area contributed by atoms with Gasteiger partial charge >= 0.3 is 0 Å². The lowest BCUT2D eigenvalue weighted by atomic mass is 10.1. The Balaban J connectivity index is 1.61. The predicted molar refractivity (Wildman–Crippen MR) is 74.0 cm³/mol. The van der Waals surface area contributed by atoms with Crippen molar-refractivity contribution in [3.63, 3.8) is 0 Å². The summed E-state index contributed by atoms with van der Waals surface area (Å²) in [6, 6.07) is 6.15. The van der Waals surface area contributed by atoms with Crippen LogP contribution < -0.4 is 10.1 Å². The van der Waals surface area contributed by atoms with Gasteiger partial charge in [-0.2, -0.15) is 5.10 Å². The lowest BCUT2D eigenvalue weighted by molar-refractivity contribution is 0.246. The molecule has 0 spiro atoms. The first-order valence-electron chi connectivity index (χ1n) is 5.88. The van der Waals surface area contributed by atoms with Gasteiger partial charge in [0.25, 0.3) is 0 Å². The van der Waals surface area contributed by atoms with Gasteiger partial charge in [-0.3, -0.25) is 4.68 Å². The van der Waals surface area contributed by atoms with E-state index in [1.807, 2.05) is 31.6 Å². The summed E-state index contributed by atoms with van der Waals surface area (Å²) in [4.78, 5) is 0. The number of fused-ring (bicyclic) bond motifs is 1. The second-order valence-corrected chi connectivity index (χ2v) is 5.40. The number of ether oxygens (including phenoxy) is 1. The lowest BCUT2D eigenvalue weighted by Gasteiger charge is -2.11. The van der Waals surface area contributed by atoms with Crippen molar-refractivity contribution in [2.75, 3.05) is 11.9 Å². The second-order valence-electron chi connectivity index (χ2n) is 4.48. The van der Waals surface area contributed by atoms with Gasteiger partial charge in [0.15, 0.2) is 0 Å². The number of rotatable bonds is 3. The van der Waals surface area contributed by atoms with Crippen molar-refractivity contribution in [2.45, 2.75) is 12.5 Å². The molecular formula is C13H14BrN3O. The number of nitrogens with zero attached hydrogens (tertiary/aromatic N) is 2. The van der Waals surface area contributed by atoms with Gasteiger partial charge in [-0.1, -0.05) is 15.9 Å². The number of aryl methyl sites for hydroxylation is 1. The molecule has 94 valence electrons. The fourth-order valence-corrected chi connectivity index (χ4v) is 2.56. The molecule has 1 aliphatic rings. The van der Waals surface area contributed by atoms with Crippen molar-refractivity contribution < 1.29 is 4.74 Å². The minimum absolute atomic E-state index is 0.189. The summed E-state index contributed by atoms with van der Waals surface area (Å²) in [5.41, 5.74) is 2.29. The fraction of sp³-hybridized carbons (Fsp3) is 0.308. The number of benzene rings is 1. The van der Waals surface area contributed by atoms with Crippen LogP contribution >= 0.6 is 15.9 Å². The summed E-state index contributed by atoms with van der Waals surface area (Å²) in [6.07, 6.45) is 4.91. The van der Waals surface area contributed by atoms with Crippen LogP contribution in [0.5, 0.6) is 5.75 Å². The first-order chi connectivity index (χ1) is 8.70. The summed E-state index contributed by atoms with van der Waals surface area (Å²) < 4.78 is 8.76. The van der Waals surface area contributed by atoms with Crippen molar-refractivity contribution >= 4 is 21.6 Å². The number of aromatic nitrogens is 2. The quantitative estimate of drug-likeness (QED) is 0.947. The third-order valence-corrected chi connectivity index (χ3v) is 3.50. The summed E-state index contributed by atoms with van der Waals surface area (Å²) in [5, 5.41) is 7.46. The van der Waals surface area contributed by atoms with Crippen molar-refractivity contribution in [3.8, 4) is 5.75 Å². The molecule has 2 aromatic rings. The van der Waals surface area contributed by atoms with Gasteiger partial charge < -0.3 is 10.1 Å². The Morgan fingerprint density at radius 3 is 3.22 bits per heavy atom. The number of nitrogens with one attached hydrogen (secondary N) is 1. The number of hydrogen-bond acceptors (Lipinski definition) is 3. The van der Waals surface area contributed by atoms with Crippen LogP contribution in [0.25, 0.3) is 0 Å². The van der Waals surface area contributed by atoms with Crippen LogP contribution in [0.4, 0.5) is 5.69 Å². The lowest BCUT2D eigenvalue weighted by Crippen LogP contribution is -2.23. The van der Waals surface area contributed by atoms with Crippen LogP contribution in [0.2, 0.25) is 0 Å². The molecule has 0 bridgehead atoms. The Morgan fingerprint density at radius 1 is 1.56 bits per heavy atom. The molecule has 0 saturated carbocycles. The molecule has 18 heavy (non-hydrogen) atoms. The molecular weight excluding hydrogens is 294 g/mol. The van der Waals surface area contributed by atoms with E-state index in [9.17, 15) is 0 Å². The number of anilines is 1. The Labute approximate surface area is 114 Å². The molecule has 0 saturated heterocycles. The normalized spacial score (nSPS) is 17.3. The second kappa shape index (κ2) is 4.65. The molecule has 0 aliphatic carbocycles. The van der Waals surface area contributed by atoms with Crippen LogP contribution in [-0.2, 0) is 13.5 Å². The van der Waals surface area contributed by atoms with Crippen LogP contribution in [-0.4, -0.2) is 22.4 Å². The van der Waals surface area contributed by atoms with Gasteiger partial charge in [0, 0.05) is 24.1 Å². The Bertz CT molecular complexity index is 567. The van der Waals surface area contributed by atoms with Gasteiger partial charge in [-0.15, -0.1) is 0 Å². The van der Waals surface area contributed by atoms with E-state index in [0.29, 0.717) is 0 Å². The fourth-order valence-electron chi connectivity index (χ4n) is 2.15. The smallest absolute Gasteiger partial charge is 0.123 e. The van der Waals surface area contributed by atoms with Crippen molar-refractivity contribution in [2.24, 2.45) is 7.05 Å². The molecule has 1 atom stereocenters. The van der Waals surface area contributed by atoms with Crippen LogP contribution in [0.3, 0.4) is 0 Å². The number of hydrogen-bond donors (Lipinski definition) is 1. The van der Waals surface area contributed by atoms with E-state index >= 15 is 0 Å². The molecule has 1 aromatic heterocycles. The zero-order valence-electron chi connectivity index (χ0n) is 10.1. The average Bonchev–Trinajstić information content (AvgIpc) is 2.92. The standard InChI is InChI=1S/C13H14BrN3O/c1-17-8-11(6-16-17)15-7-12-5-9-4-10(14)2-3-13(9)18-12/h2-4,6,8,12,15H,5,7H2,1H3. The van der Waals surface area contributed by atoms with E-state index in [1.54, 1.807) is 4.68 Å². The summed E-state index contributed by atoms with van der Waals surface area (Å²) >= 11 is 3.48. The average molecular weight is 308 g/mol.